The second-order valence-corrected chi connectivity index (χ2v) is 4.96. The number of ether oxygens (including phenoxy) is 1. The lowest BCUT2D eigenvalue weighted by Gasteiger charge is -2.32. The fourth-order valence-electron chi connectivity index (χ4n) is 2.21. The van der Waals surface area contributed by atoms with Crippen LogP contribution in [-0.2, 0) is 9.59 Å². The molecule has 1 unspecified atom stereocenters. The Kier molecular flexibility index (Phi) is 5.16. The van der Waals surface area contributed by atoms with Crippen LogP contribution in [0.2, 0.25) is 0 Å². The highest BCUT2D eigenvalue weighted by molar-refractivity contribution is 6.03. The summed E-state index contributed by atoms with van der Waals surface area (Å²) in [6.07, 6.45) is 0.281. The van der Waals surface area contributed by atoms with Gasteiger partial charge in [-0.05, 0) is 39.1 Å². The number of nitrogens with zero attached hydrogens (tertiary/aromatic N) is 1. The molecule has 114 valence electrons. The van der Waals surface area contributed by atoms with E-state index in [4.69, 9.17) is 4.74 Å². The maximum Gasteiger partial charge on any atom is 0.268 e. The Hall–Kier alpha value is -2.08. The SMILES string of the molecule is CNCCCNC(=O)CN1C(=O)C(C)Oc2ccccc21. The van der Waals surface area contributed by atoms with E-state index in [-0.39, 0.29) is 18.4 Å². The zero-order valence-corrected chi connectivity index (χ0v) is 12.4. The molecule has 21 heavy (non-hydrogen) atoms. The van der Waals surface area contributed by atoms with E-state index in [2.05, 4.69) is 10.6 Å². The number of para-hydroxylation sites is 2. The number of nitrogens with one attached hydrogen (secondary N) is 2. The summed E-state index contributed by atoms with van der Waals surface area (Å²) in [7, 11) is 1.87. The van der Waals surface area contributed by atoms with E-state index < -0.39 is 6.10 Å². The molecule has 6 nitrogen and oxygen atoms in total. The molecule has 1 aromatic rings. The molecule has 0 spiro atoms. The molecule has 6 heteroatoms. The van der Waals surface area contributed by atoms with Crippen LogP contribution in [0.1, 0.15) is 13.3 Å². The van der Waals surface area contributed by atoms with E-state index in [1.165, 1.54) is 4.90 Å². The van der Waals surface area contributed by atoms with Gasteiger partial charge in [0.05, 0.1) is 5.69 Å². The first-order valence-electron chi connectivity index (χ1n) is 7.12. The van der Waals surface area contributed by atoms with Crippen molar-refractivity contribution in [2.24, 2.45) is 0 Å². The molecule has 2 amide bonds. The van der Waals surface area contributed by atoms with Gasteiger partial charge >= 0.3 is 0 Å². The van der Waals surface area contributed by atoms with Crippen molar-refractivity contribution >= 4 is 17.5 Å². The molecular formula is C15H21N3O3. The predicted octanol–water partition coefficient (Wildman–Crippen LogP) is 0.526. The number of fused-ring (bicyclic) bond motifs is 1. The predicted molar refractivity (Wildman–Crippen MR) is 80.4 cm³/mol. The first kappa shape index (κ1) is 15.3. The van der Waals surface area contributed by atoms with Crippen LogP contribution in [0.5, 0.6) is 5.75 Å². The Labute approximate surface area is 124 Å². The second-order valence-electron chi connectivity index (χ2n) is 4.96. The average Bonchev–Trinajstić information content (AvgIpc) is 2.48. The Morgan fingerprint density at radius 3 is 2.86 bits per heavy atom. The largest absolute Gasteiger partial charge is 0.479 e. The lowest BCUT2D eigenvalue weighted by molar-refractivity contribution is -0.128. The summed E-state index contributed by atoms with van der Waals surface area (Å²) < 4.78 is 5.54. The number of carbonyl (C=O) groups is 2. The van der Waals surface area contributed by atoms with Crippen molar-refractivity contribution in [2.75, 3.05) is 31.6 Å². The van der Waals surface area contributed by atoms with Crippen molar-refractivity contribution in [3.63, 3.8) is 0 Å². The van der Waals surface area contributed by atoms with Gasteiger partial charge in [-0.1, -0.05) is 12.1 Å². The molecule has 0 radical (unpaired) electrons. The minimum Gasteiger partial charge on any atom is -0.479 e. The van der Waals surface area contributed by atoms with Crippen molar-refractivity contribution < 1.29 is 14.3 Å². The van der Waals surface area contributed by atoms with Gasteiger partial charge in [-0.25, -0.2) is 0 Å². The molecule has 1 aliphatic rings. The number of carbonyl (C=O) groups excluding carboxylic acids is 2. The fraction of sp³-hybridized carbons (Fsp3) is 0.467. The maximum absolute atomic E-state index is 12.2. The maximum atomic E-state index is 12.2. The van der Waals surface area contributed by atoms with Gasteiger partial charge < -0.3 is 15.4 Å². The Morgan fingerprint density at radius 1 is 1.33 bits per heavy atom. The van der Waals surface area contributed by atoms with Crippen LogP contribution in [0, 0.1) is 0 Å². The van der Waals surface area contributed by atoms with Crippen molar-refractivity contribution in [2.45, 2.75) is 19.4 Å². The molecule has 0 fully saturated rings. The number of rotatable bonds is 6. The summed E-state index contributed by atoms with van der Waals surface area (Å²) in [5, 5.41) is 5.83. The van der Waals surface area contributed by atoms with Crippen molar-refractivity contribution in [1.82, 2.24) is 10.6 Å². The third-order valence-electron chi connectivity index (χ3n) is 3.30. The minimum atomic E-state index is -0.572. The quantitative estimate of drug-likeness (QED) is 0.750. The summed E-state index contributed by atoms with van der Waals surface area (Å²) >= 11 is 0. The van der Waals surface area contributed by atoms with Crippen LogP contribution in [0.25, 0.3) is 0 Å². The standard InChI is InChI=1S/C15H21N3O3/c1-11-15(20)18(10-14(19)17-9-5-8-16-2)12-6-3-4-7-13(12)21-11/h3-4,6-7,11,16H,5,8-10H2,1-2H3,(H,17,19). The number of amides is 2. The van der Waals surface area contributed by atoms with Crippen molar-refractivity contribution in [1.29, 1.82) is 0 Å². The monoisotopic (exact) mass is 291 g/mol. The molecule has 0 saturated heterocycles. The smallest absolute Gasteiger partial charge is 0.268 e. The van der Waals surface area contributed by atoms with Gasteiger partial charge in [0.1, 0.15) is 12.3 Å². The van der Waals surface area contributed by atoms with Gasteiger partial charge in [0.2, 0.25) is 5.91 Å². The molecule has 1 heterocycles. The van der Waals surface area contributed by atoms with Crippen molar-refractivity contribution in [3.8, 4) is 5.75 Å². The Morgan fingerprint density at radius 2 is 2.10 bits per heavy atom. The molecule has 1 aliphatic heterocycles. The summed E-state index contributed by atoms with van der Waals surface area (Å²) in [4.78, 5) is 25.7. The zero-order chi connectivity index (χ0) is 15.2. The highest BCUT2D eigenvalue weighted by atomic mass is 16.5. The van der Waals surface area contributed by atoms with Gasteiger partial charge in [-0.3, -0.25) is 14.5 Å². The van der Waals surface area contributed by atoms with Crippen LogP contribution < -0.4 is 20.3 Å². The van der Waals surface area contributed by atoms with Gasteiger partial charge in [0.25, 0.3) is 5.91 Å². The summed E-state index contributed by atoms with van der Waals surface area (Å²) in [5.74, 6) is 0.273. The summed E-state index contributed by atoms with van der Waals surface area (Å²) in [6, 6.07) is 7.25. The number of hydrogen-bond acceptors (Lipinski definition) is 4. The van der Waals surface area contributed by atoms with E-state index in [0.717, 1.165) is 13.0 Å². The molecule has 1 aromatic carbocycles. The van der Waals surface area contributed by atoms with Gasteiger partial charge in [0.15, 0.2) is 6.10 Å². The number of benzene rings is 1. The third-order valence-corrected chi connectivity index (χ3v) is 3.30. The Bertz CT molecular complexity index is 519. The van der Waals surface area contributed by atoms with Gasteiger partial charge in [-0.2, -0.15) is 0 Å². The van der Waals surface area contributed by atoms with Crippen molar-refractivity contribution in [3.05, 3.63) is 24.3 Å². The Balaban J connectivity index is 2.01. The normalized spacial score (nSPS) is 17.1. The van der Waals surface area contributed by atoms with E-state index in [1.807, 2.05) is 19.2 Å². The molecule has 2 rings (SSSR count). The van der Waals surface area contributed by atoms with Crippen LogP contribution in [0.4, 0.5) is 5.69 Å². The van der Waals surface area contributed by atoms with Gasteiger partial charge in [-0.15, -0.1) is 0 Å². The first-order chi connectivity index (χ1) is 10.1. The highest BCUT2D eigenvalue weighted by Gasteiger charge is 2.32. The molecule has 0 aromatic heterocycles. The van der Waals surface area contributed by atoms with E-state index in [9.17, 15) is 9.59 Å². The zero-order valence-electron chi connectivity index (χ0n) is 12.4. The molecule has 2 N–H and O–H groups in total. The highest BCUT2D eigenvalue weighted by Crippen LogP contribution is 2.33. The molecular weight excluding hydrogens is 270 g/mol. The van der Waals surface area contributed by atoms with E-state index >= 15 is 0 Å². The van der Waals surface area contributed by atoms with E-state index in [0.29, 0.717) is 18.0 Å². The minimum absolute atomic E-state index is 0.0170. The molecule has 0 bridgehead atoms. The van der Waals surface area contributed by atoms with Crippen LogP contribution in [-0.4, -0.2) is 44.6 Å². The third kappa shape index (κ3) is 3.72. The number of anilines is 1. The number of hydrogen-bond donors (Lipinski definition) is 2. The summed E-state index contributed by atoms with van der Waals surface area (Å²) in [6.45, 7) is 3.14. The first-order valence-corrected chi connectivity index (χ1v) is 7.12. The van der Waals surface area contributed by atoms with Crippen LogP contribution >= 0.6 is 0 Å². The topological polar surface area (TPSA) is 70.7 Å². The van der Waals surface area contributed by atoms with Gasteiger partial charge in [0, 0.05) is 6.54 Å². The summed E-state index contributed by atoms with van der Waals surface area (Å²) in [5.41, 5.74) is 0.644. The molecule has 0 saturated carbocycles. The van der Waals surface area contributed by atoms with E-state index in [1.54, 1.807) is 19.1 Å². The second kappa shape index (κ2) is 7.08. The lowest BCUT2D eigenvalue weighted by atomic mass is 10.2. The van der Waals surface area contributed by atoms with Crippen LogP contribution in [0.15, 0.2) is 24.3 Å². The lowest BCUT2D eigenvalue weighted by Crippen LogP contribution is -2.48. The average molecular weight is 291 g/mol. The fourth-order valence-corrected chi connectivity index (χ4v) is 2.21. The van der Waals surface area contributed by atoms with Crippen LogP contribution in [0.3, 0.4) is 0 Å². The molecule has 0 aliphatic carbocycles. The molecule has 1 atom stereocenters.